The van der Waals surface area contributed by atoms with Crippen LogP contribution in [0.5, 0.6) is 0 Å². The summed E-state index contributed by atoms with van der Waals surface area (Å²) in [7, 11) is 0. The third kappa shape index (κ3) is 4.90. The first-order chi connectivity index (χ1) is 15.1. The summed E-state index contributed by atoms with van der Waals surface area (Å²) in [5.41, 5.74) is 3.43. The molecule has 0 radical (unpaired) electrons. The summed E-state index contributed by atoms with van der Waals surface area (Å²) in [5.74, 6) is -4.79. The van der Waals surface area contributed by atoms with E-state index in [4.69, 9.17) is 0 Å². The van der Waals surface area contributed by atoms with Gasteiger partial charge in [0.25, 0.3) is 5.91 Å². The number of carbonyl (C=O) groups excluding carboxylic acids is 4. The maximum Gasteiger partial charge on any atom is 0.321 e. The average molecular weight is 442 g/mol. The molecule has 6 nitrogen and oxygen atoms in total. The predicted molar refractivity (Wildman–Crippen MR) is 113 cm³/mol. The highest BCUT2D eigenvalue weighted by Crippen LogP contribution is 2.37. The Labute approximate surface area is 184 Å². The van der Waals surface area contributed by atoms with Gasteiger partial charge in [-0.2, -0.15) is 0 Å². The molecule has 0 aliphatic heterocycles. The number of hydrogen-bond acceptors (Lipinski definition) is 4. The highest BCUT2D eigenvalue weighted by Gasteiger charge is 2.42. The molecule has 0 spiro atoms. The summed E-state index contributed by atoms with van der Waals surface area (Å²) in [5, 5.41) is 4.47. The molecule has 0 saturated heterocycles. The first kappa shape index (κ1) is 23.2. The van der Waals surface area contributed by atoms with E-state index in [1.54, 1.807) is 0 Å². The van der Waals surface area contributed by atoms with Gasteiger partial charge in [0, 0.05) is 24.4 Å². The van der Waals surface area contributed by atoms with Gasteiger partial charge in [0.1, 0.15) is 11.7 Å². The van der Waals surface area contributed by atoms with Crippen molar-refractivity contribution in [2.45, 2.75) is 39.5 Å². The number of halogens is 2. The number of hydrogen-bond donors (Lipinski definition) is 2. The highest BCUT2D eigenvalue weighted by molar-refractivity contribution is 6.15. The van der Waals surface area contributed by atoms with Gasteiger partial charge in [0.2, 0.25) is 0 Å². The van der Waals surface area contributed by atoms with Crippen molar-refractivity contribution in [1.29, 1.82) is 0 Å². The largest absolute Gasteiger partial charge is 0.338 e. The number of urea groups is 1. The number of Topliss-reactive ketones (excluding diaryl/α,β-unsaturated/α-hetero) is 2. The van der Waals surface area contributed by atoms with Gasteiger partial charge in [-0.1, -0.05) is 17.7 Å². The second-order valence-corrected chi connectivity index (χ2v) is 8.14. The van der Waals surface area contributed by atoms with Crippen molar-refractivity contribution in [1.82, 2.24) is 10.6 Å². The summed E-state index contributed by atoms with van der Waals surface area (Å²) in [6.07, 6.45) is 0.352. The van der Waals surface area contributed by atoms with E-state index in [1.165, 1.54) is 0 Å². The maximum absolute atomic E-state index is 13.2. The Kier molecular flexibility index (Phi) is 6.81. The summed E-state index contributed by atoms with van der Waals surface area (Å²) >= 11 is 0. The quantitative estimate of drug-likeness (QED) is 0.692. The van der Waals surface area contributed by atoms with Crippen LogP contribution in [0.25, 0.3) is 0 Å². The predicted octanol–water partition coefficient (Wildman–Crippen LogP) is 3.66. The van der Waals surface area contributed by atoms with E-state index < -0.39 is 35.4 Å². The minimum absolute atomic E-state index is 0.0686. The van der Waals surface area contributed by atoms with Crippen molar-refractivity contribution in [3.05, 3.63) is 69.8 Å². The van der Waals surface area contributed by atoms with Crippen molar-refractivity contribution in [3.63, 3.8) is 0 Å². The summed E-state index contributed by atoms with van der Waals surface area (Å²) in [6.45, 7) is 5.80. The zero-order valence-corrected chi connectivity index (χ0v) is 18.1. The number of rotatable bonds is 5. The van der Waals surface area contributed by atoms with E-state index in [-0.39, 0.29) is 36.5 Å². The number of carbonyl (C=O) groups is 4. The third-order valence-electron chi connectivity index (χ3n) is 5.67. The normalized spacial score (nSPS) is 18.0. The topological polar surface area (TPSA) is 92.3 Å². The zero-order valence-electron chi connectivity index (χ0n) is 18.1. The molecular weight excluding hydrogens is 418 g/mol. The van der Waals surface area contributed by atoms with E-state index in [9.17, 15) is 28.0 Å². The summed E-state index contributed by atoms with van der Waals surface area (Å²) < 4.78 is 26.2. The number of amides is 3. The van der Waals surface area contributed by atoms with Crippen LogP contribution in [0, 0.1) is 38.3 Å². The molecule has 3 amide bonds. The highest BCUT2D eigenvalue weighted by atomic mass is 19.2. The minimum Gasteiger partial charge on any atom is -0.338 e. The summed E-state index contributed by atoms with van der Waals surface area (Å²) in [6, 6.07) is 5.60. The second kappa shape index (κ2) is 9.38. The molecular formula is C24H24F2N2O4. The fraction of sp³-hybridized carbons (Fsp3) is 0.333. The molecule has 0 aromatic heterocycles. The second-order valence-electron chi connectivity index (χ2n) is 8.14. The van der Waals surface area contributed by atoms with Gasteiger partial charge in [-0.05, 0) is 62.1 Å². The lowest BCUT2D eigenvalue weighted by atomic mass is 9.86. The van der Waals surface area contributed by atoms with Crippen LogP contribution in [0.15, 0.2) is 30.3 Å². The minimum atomic E-state index is -1.20. The molecule has 8 heteroatoms. The van der Waals surface area contributed by atoms with Gasteiger partial charge < -0.3 is 5.32 Å². The van der Waals surface area contributed by atoms with Crippen molar-refractivity contribution in [2.75, 3.05) is 6.54 Å². The van der Waals surface area contributed by atoms with Crippen LogP contribution >= 0.6 is 0 Å². The van der Waals surface area contributed by atoms with E-state index in [1.807, 2.05) is 38.2 Å². The number of aryl methyl sites for hydroxylation is 3. The van der Waals surface area contributed by atoms with Gasteiger partial charge in [0.05, 0.1) is 0 Å². The van der Waals surface area contributed by atoms with Gasteiger partial charge >= 0.3 is 6.03 Å². The number of nitrogens with one attached hydrogen (secondary N) is 2. The molecule has 1 aliphatic carbocycles. The lowest BCUT2D eigenvalue weighted by Crippen LogP contribution is -2.40. The van der Waals surface area contributed by atoms with Crippen molar-refractivity contribution >= 4 is 23.5 Å². The molecule has 1 aliphatic rings. The molecule has 2 aromatic carbocycles. The van der Waals surface area contributed by atoms with Crippen LogP contribution < -0.4 is 10.6 Å². The molecule has 2 atom stereocenters. The Morgan fingerprint density at radius 2 is 1.66 bits per heavy atom. The van der Waals surface area contributed by atoms with Crippen molar-refractivity contribution in [2.24, 2.45) is 5.92 Å². The van der Waals surface area contributed by atoms with Gasteiger partial charge in [-0.25, -0.2) is 13.6 Å². The van der Waals surface area contributed by atoms with Crippen LogP contribution in [-0.2, 0) is 9.59 Å². The summed E-state index contributed by atoms with van der Waals surface area (Å²) in [4.78, 5) is 49.5. The standard InChI is InChI=1S/C24H24F2N2O4/c1-12-8-13(2)20(14(3)9-12)21-19(29)11-15(22(21)30)6-7-27-24(32)28-23(31)16-4-5-17(25)18(26)10-16/h4-5,8-10,15,21H,6-7,11H2,1-3H3,(H2,27,28,31,32). The van der Waals surface area contributed by atoms with Crippen LogP contribution in [0.1, 0.15) is 51.4 Å². The number of imide groups is 1. The SMILES string of the molecule is Cc1cc(C)c(C2C(=O)CC(CCNC(=O)NC(=O)c3ccc(F)c(F)c3)C2=O)c(C)c1. The molecule has 3 rings (SSSR count). The molecule has 2 unspecified atom stereocenters. The van der Waals surface area contributed by atoms with Gasteiger partial charge in [-0.3, -0.25) is 19.7 Å². The zero-order chi connectivity index (χ0) is 23.6. The molecule has 2 N–H and O–H groups in total. The van der Waals surface area contributed by atoms with Crippen LogP contribution in [0.3, 0.4) is 0 Å². The van der Waals surface area contributed by atoms with Crippen LogP contribution in [-0.4, -0.2) is 30.0 Å². The number of benzene rings is 2. The van der Waals surface area contributed by atoms with E-state index in [2.05, 4.69) is 5.32 Å². The van der Waals surface area contributed by atoms with Gasteiger partial charge in [-0.15, -0.1) is 0 Å². The Morgan fingerprint density at radius 3 is 2.28 bits per heavy atom. The number of ketones is 2. The molecule has 1 saturated carbocycles. The first-order valence-corrected chi connectivity index (χ1v) is 10.3. The van der Waals surface area contributed by atoms with Crippen molar-refractivity contribution in [3.8, 4) is 0 Å². The Bertz CT molecular complexity index is 1090. The first-order valence-electron chi connectivity index (χ1n) is 10.3. The molecule has 2 aromatic rings. The smallest absolute Gasteiger partial charge is 0.321 e. The molecule has 1 fully saturated rings. The average Bonchev–Trinajstić information content (AvgIpc) is 2.97. The lowest BCUT2D eigenvalue weighted by molar-refractivity contribution is -0.124. The Hall–Kier alpha value is -3.42. The lowest BCUT2D eigenvalue weighted by Gasteiger charge is -2.16. The van der Waals surface area contributed by atoms with Crippen molar-refractivity contribution < 1.29 is 28.0 Å². The van der Waals surface area contributed by atoms with Crippen LogP contribution in [0.2, 0.25) is 0 Å². The van der Waals surface area contributed by atoms with Gasteiger partial charge in [0.15, 0.2) is 17.4 Å². The molecule has 0 heterocycles. The maximum atomic E-state index is 13.2. The third-order valence-corrected chi connectivity index (χ3v) is 5.67. The monoisotopic (exact) mass is 442 g/mol. The Balaban J connectivity index is 1.56. The molecule has 32 heavy (non-hydrogen) atoms. The molecule has 0 bridgehead atoms. The fourth-order valence-corrected chi connectivity index (χ4v) is 4.27. The van der Waals surface area contributed by atoms with E-state index in [0.717, 1.165) is 34.4 Å². The van der Waals surface area contributed by atoms with E-state index >= 15 is 0 Å². The van der Waals surface area contributed by atoms with E-state index in [0.29, 0.717) is 6.07 Å². The van der Waals surface area contributed by atoms with Crippen LogP contribution in [0.4, 0.5) is 13.6 Å². The molecule has 168 valence electrons. The fourth-order valence-electron chi connectivity index (χ4n) is 4.27. The Morgan fingerprint density at radius 1 is 1.00 bits per heavy atom.